The Morgan fingerprint density at radius 2 is 1.65 bits per heavy atom. The molecule has 4 aliphatic rings. The first-order chi connectivity index (χ1) is 17.7. The SMILES string of the molecule is C[C@H](N)C(=O)N1N2C(=O)N(c3c(F)cccc3F)c3cccc4c3C(c3ccccc3)=NC2C(=O)[N@@+]41C. The fraction of sp³-hybridized carbons (Fsp3) is 0.154. The normalized spacial score (nSPS) is 22.7. The van der Waals surface area contributed by atoms with E-state index in [4.69, 9.17) is 5.73 Å². The molecule has 3 aromatic carbocycles. The third kappa shape index (κ3) is 2.89. The van der Waals surface area contributed by atoms with Gasteiger partial charge >= 0.3 is 17.8 Å². The Morgan fingerprint density at radius 1 is 1.00 bits per heavy atom. The van der Waals surface area contributed by atoms with E-state index in [1.54, 1.807) is 36.4 Å². The molecule has 0 saturated carbocycles. The van der Waals surface area contributed by atoms with E-state index < -0.39 is 52.0 Å². The molecule has 4 aliphatic heterocycles. The first-order valence-electron chi connectivity index (χ1n) is 11.5. The first-order valence-corrected chi connectivity index (χ1v) is 11.5. The number of halogens is 2. The van der Waals surface area contributed by atoms with Gasteiger partial charge in [-0.15, -0.1) is 9.60 Å². The number of fused-ring (bicyclic) bond motifs is 1. The van der Waals surface area contributed by atoms with Crippen LogP contribution in [0.3, 0.4) is 0 Å². The van der Waals surface area contributed by atoms with Crippen LogP contribution in [0.2, 0.25) is 0 Å². The number of aliphatic imine (C=N–C) groups is 1. The number of nitrogens with two attached hydrogens (primary N) is 1. The predicted molar refractivity (Wildman–Crippen MR) is 131 cm³/mol. The minimum atomic E-state index is -1.49. The second-order valence-electron chi connectivity index (χ2n) is 9.14. The molecule has 0 spiro atoms. The summed E-state index contributed by atoms with van der Waals surface area (Å²) in [6.07, 6.45) is -1.49. The number of benzene rings is 3. The summed E-state index contributed by atoms with van der Waals surface area (Å²) >= 11 is 0. The van der Waals surface area contributed by atoms with E-state index in [-0.39, 0.29) is 5.69 Å². The molecule has 9 nitrogen and oxygen atoms in total. The lowest BCUT2D eigenvalue weighted by molar-refractivity contribution is -0.166. The van der Waals surface area contributed by atoms with Crippen LogP contribution in [0.5, 0.6) is 0 Å². The molecule has 3 aromatic rings. The van der Waals surface area contributed by atoms with Gasteiger partial charge in [-0.3, -0.25) is 9.69 Å². The molecule has 37 heavy (non-hydrogen) atoms. The largest absolute Gasteiger partial charge is 0.391 e. The fourth-order valence-corrected chi connectivity index (χ4v) is 5.17. The van der Waals surface area contributed by atoms with Crippen LogP contribution < -0.4 is 15.2 Å². The summed E-state index contributed by atoms with van der Waals surface area (Å²) in [6.45, 7) is 1.43. The molecule has 1 unspecified atom stereocenters. The minimum absolute atomic E-state index is 0.115. The zero-order valence-corrected chi connectivity index (χ0v) is 19.8. The second-order valence-corrected chi connectivity index (χ2v) is 9.14. The lowest BCUT2D eigenvalue weighted by Crippen LogP contribution is -2.67. The second kappa shape index (κ2) is 7.76. The molecule has 0 aromatic heterocycles. The number of para-hydroxylation sites is 1. The van der Waals surface area contributed by atoms with E-state index in [1.165, 1.54) is 26.1 Å². The zero-order chi connectivity index (χ0) is 26.2. The van der Waals surface area contributed by atoms with E-state index >= 15 is 8.78 Å². The Bertz CT molecular complexity index is 1520. The molecule has 186 valence electrons. The van der Waals surface area contributed by atoms with Crippen LogP contribution in [0.4, 0.5) is 30.6 Å². The standard InChI is InChI=1S/C26H21F2N6O3/c1-14(29)24(35)33-32-23-25(36)34(33,2)19-13-7-12-18(20(19)21(30-23)15-8-4-3-5-9-15)31(26(32)37)22-16(27)10-6-11-17(22)28/h3-14,23H,29H2,1-2H3/q+1/t14-,23?,34+/m0/s1. The van der Waals surface area contributed by atoms with Gasteiger partial charge in [0.1, 0.15) is 24.4 Å². The Hall–Kier alpha value is -4.48. The Balaban J connectivity index is 1.78. The quantitative estimate of drug-likeness (QED) is 0.555. The molecule has 11 heteroatoms. The molecule has 4 amide bonds. The van der Waals surface area contributed by atoms with E-state index in [0.29, 0.717) is 22.5 Å². The van der Waals surface area contributed by atoms with Crippen molar-refractivity contribution in [2.24, 2.45) is 10.7 Å². The van der Waals surface area contributed by atoms with Gasteiger partial charge in [0.15, 0.2) is 5.69 Å². The van der Waals surface area contributed by atoms with Gasteiger partial charge in [0.05, 0.1) is 23.0 Å². The summed E-state index contributed by atoms with van der Waals surface area (Å²) in [5.41, 5.74) is 6.98. The number of urea groups is 1. The van der Waals surface area contributed by atoms with Crippen molar-refractivity contribution < 1.29 is 23.2 Å². The van der Waals surface area contributed by atoms with Crippen molar-refractivity contribution in [3.8, 4) is 0 Å². The van der Waals surface area contributed by atoms with Crippen LogP contribution in [-0.4, -0.2) is 52.9 Å². The number of nitrogens with zero attached hydrogens (tertiary/aromatic N) is 5. The van der Waals surface area contributed by atoms with Crippen molar-refractivity contribution in [3.63, 3.8) is 0 Å². The molecule has 0 aliphatic carbocycles. The van der Waals surface area contributed by atoms with Gasteiger partial charge in [0.2, 0.25) is 0 Å². The van der Waals surface area contributed by atoms with Crippen LogP contribution in [0.25, 0.3) is 0 Å². The Kier molecular flexibility index (Phi) is 4.81. The summed E-state index contributed by atoms with van der Waals surface area (Å²) in [5, 5.41) is 1.80. The van der Waals surface area contributed by atoms with Crippen molar-refractivity contribution >= 4 is 40.6 Å². The molecule has 4 heterocycles. The van der Waals surface area contributed by atoms with Gasteiger partial charge < -0.3 is 5.73 Å². The van der Waals surface area contributed by atoms with Crippen molar-refractivity contribution in [3.05, 3.63) is 89.5 Å². The van der Waals surface area contributed by atoms with Gasteiger partial charge in [-0.2, -0.15) is 0 Å². The number of hydrazine groups is 1. The van der Waals surface area contributed by atoms with Gasteiger partial charge in [-0.05, 0) is 25.1 Å². The number of carbonyl (C=O) groups is 3. The molecule has 0 radical (unpaired) electrons. The third-order valence-corrected chi connectivity index (χ3v) is 6.87. The van der Waals surface area contributed by atoms with E-state index in [9.17, 15) is 14.4 Å². The molecular weight excluding hydrogens is 482 g/mol. The number of amides is 4. The number of carbonyl (C=O) groups excluding carboxylic acids is 3. The first kappa shape index (κ1) is 23.0. The highest BCUT2D eigenvalue weighted by Gasteiger charge is 2.67. The van der Waals surface area contributed by atoms with Crippen LogP contribution in [0, 0.1) is 11.6 Å². The maximum atomic E-state index is 15.2. The molecular formula is C26H21F2N6O3+. The summed E-state index contributed by atoms with van der Waals surface area (Å²) in [6, 6.07) is 14.8. The summed E-state index contributed by atoms with van der Waals surface area (Å²) in [7, 11) is 1.48. The van der Waals surface area contributed by atoms with E-state index in [0.717, 1.165) is 27.2 Å². The monoisotopic (exact) mass is 503 g/mol. The average Bonchev–Trinajstić information content (AvgIpc) is 3.04. The summed E-state index contributed by atoms with van der Waals surface area (Å²) in [4.78, 5) is 47.2. The molecule has 2 N–H and O–H groups in total. The van der Waals surface area contributed by atoms with Crippen molar-refractivity contribution in [1.82, 2.24) is 14.7 Å². The molecule has 3 atom stereocenters. The molecule has 6 bridgehead atoms. The smallest absolute Gasteiger partial charge is 0.320 e. The third-order valence-electron chi connectivity index (χ3n) is 6.87. The number of rotatable bonds is 3. The lowest BCUT2D eigenvalue weighted by atomic mass is 9.96. The maximum Gasteiger partial charge on any atom is 0.391 e. The van der Waals surface area contributed by atoms with Crippen LogP contribution in [-0.2, 0) is 9.59 Å². The number of hydrogen-bond donors (Lipinski definition) is 1. The maximum absolute atomic E-state index is 15.2. The number of hydrogen-bond acceptors (Lipinski definition) is 5. The topological polar surface area (TPSA) is 99.3 Å². The highest BCUT2D eigenvalue weighted by Crippen LogP contribution is 2.49. The van der Waals surface area contributed by atoms with Gasteiger partial charge in [-0.25, -0.2) is 23.4 Å². The molecule has 1 saturated heterocycles. The number of anilines is 2. The highest BCUT2D eigenvalue weighted by molar-refractivity contribution is 6.25. The number of quaternary nitrogens is 1. The highest BCUT2D eigenvalue weighted by atomic mass is 19.1. The van der Waals surface area contributed by atoms with Gasteiger partial charge in [-0.1, -0.05) is 47.6 Å². The summed E-state index contributed by atoms with van der Waals surface area (Å²) < 4.78 is 29.6. The van der Waals surface area contributed by atoms with Crippen LogP contribution in [0.1, 0.15) is 18.1 Å². The average molecular weight is 503 g/mol. The zero-order valence-electron chi connectivity index (χ0n) is 19.8. The lowest BCUT2D eigenvalue weighted by Gasteiger charge is -2.42. The van der Waals surface area contributed by atoms with Crippen molar-refractivity contribution in [1.29, 1.82) is 0 Å². The fourth-order valence-electron chi connectivity index (χ4n) is 5.17. The van der Waals surface area contributed by atoms with Gasteiger partial charge in [0.25, 0.3) is 6.17 Å². The summed E-state index contributed by atoms with van der Waals surface area (Å²) in [5.74, 6) is -3.32. The van der Waals surface area contributed by atoms with Crippen molar-refractivity contribution in [2.45, 2.75) is 19.1 Å². The molecule has 7 rings (SSSR count). The minimum Gasteiger partial charge on any atom is -0.320 e. The van der Waals surface area contributed by atoms with Crippen molar-refractivity contribution in [2.75, 3.05) is 11.9 Å². The van der Waals surface area contributed by atoms with Crippen LogP contribution in [0.15, 0.2) is 71.7 Å². The Morgan fingerprint density at radius 3 is 2.30 bits per heavy atom. The van der Waals surface area contributed by atoms with Gasteiger partial charge in [0, 0.05) is 11.6 Å². The van der Waals surface area contributed by atoms with E-state index in [2.05, 4.69) is 4.99 Å². The number of likely N-dealkylation sites (N-methyl/N-ethyl adjacent to an activating group) is 1. The predicted octanol–water partition coefficient (Wildman–Crippen LogP) is 3.20. The Labute approximate surface area is 210 Å². The van der Waals surface area contributed by atoms with E-state index in [1.807, 2.05) is 6.07 Å². The molecule has 1 fully saturated rings. The van der Waals surface area contributed by atoms with Crippen LogP contribution >= 0.6 is 0 Å².